The Bertz CT molecular complexity index is 2070. The Hall–Kier alpha value is -4.80. The molecule has 1 aliphatic rings. The minimum Gasteiger partial charge on any atom is -0.358 e. The number of ether oxygens (including phenoxy) is 2. The third-order valence-electron chi connectivity index (χ3n) is 9.93. The van der Waals surface area contributed by atoms with Crippen LogP contribution in [-0.4, -0.2) is 72.1 Å². The van der Waals surface area contributed by atoms with Gasteiger partial charge in [-0.15, -0.1) is 4.67 Å². The molecule has 0 bridgehead atoms. The molecule has 294 valence electrons. The number of nitrogens with zero attached hydrogens (tertiary/aromatic N) is 5. The monoisotopic (exact) mass is 780 g/mol. The van der Waals surface area contributed by atoms with Crippen molar-refractivity contribution in [3.8, 4) is 6.07 Å². The summed E-state index contributed by atoms with van der Waals surface area (Å²) in [5.74, 6) is -0.652. The Morgan fingerprint density at radius 1 is 1.00 bits per heavy atom. The maximum absolute atomic E-state index is 13.1. The Labute approximate surface area is 328 Å². The second-order valence-corrected chi connectivity index (χ2v) is 17.3. The van der Waals surface area contributed by atoms with Crippen molar-refractivity contribution in [2.75, 3.05) is 18.1 Å². The lowest BCUT2D eigenvalue weighted by Crippen LogP contribution is -2.42. The first-order valence-electron chi connectivity index (χ1n) is 19.1. The normalized spacial score (nSPS) is 18.5. The van der Waals surface area contributed by atoms with E-state index in [-0.39, 0.29) is 66.6 Å². The minimum absolute atomic E-state index is 0.00619. The van der Waals surface area contributed by atoms with Gasteiger partial charge in [-0.3, -0.25) is 24.5 Å². The minimum atomic E-state index is -3.39. The van der Waals surface area contributed by atoms with Crippen molar-refractivity contribution >= 4 is 30.9 Å². The molecule has 1 aliphatic heterocycles. The number of amides is 1. The van der Waals surface area contributed by atoms with E-state index in [1.165, 1.54) is 6.33 Å². The van der Waals surface area contributed by atoms with E-state index >= 15 is 0 Å². The summed E-state index contributed by atoms with van der Waals surface area (Å²) in [6, 6.07) is 32.1. The summed E-state index contributed by atoms with van der Waals surface area (Å²) >= 11 is 0. The number of hydrogen-bond acceptors (Lipinski definition) is 10. The van der Waals surface area contributed by atoms with Gasteiger partial charge >= 0.3 is 7.87 Å². The van der Waals surface area contributed by atoms with Gasteiger partial charge in [-0.25, -0.2) is 9.88 Å². The number of nitriles is 1. The van der Waals surface area contributed by atoms with Gasteiger partial charge in [0.1, 0.15) is 30.2 Å². The topological polar surface area (TPSA) is 168 Å². The number of rotatable bonds is 16. The van der Waals surface area contributed by atoms with Crippen molar-refractivity contribution in [2.24, 2.45) is 5.92 Å². The third kappa shape index (κ3) is 8.47. The van der Waals surface area contributed by atoms with Crippen molar-refractivity contribution < 1.29 is 23.7 Å². The van der Waals surface area contributed by atoms with Crippen LogP contribution in [0.15, 0.2) is 102 Å². The lowest BCUT2D eigenvalue weighted by Gasteiger charge is -2.38. The summed E-state index contributed by atoms with van der Waals surface area (Å²) in [4.78, 5) is 49.8. The van der Waals surface area contributed by atoms with Crippen LogP contribution in [0.2, 0.25) is 0 Å². The average molecular weight is 781 g/mol. The maximum Gasteiger partial charge on any atom is 0.347 e. The molecule has 0 aliphatic carbocycles. The highest BCUT2D eigenvalue weighted by atomic mass is 31.2. The second kappa shape index (κ2) is 17.6. The van der Waals surface area contributed by atoms with Crippen LogP contribution in [0.4, 0.5) is 5.95 Å². The largest absolute Gasteiger partial charge is 0.358 e. The van der Waals surface area contributed by atoms with Crippen LogP contribution >= 0.6 is 7.87 Å². The van der Waals surface area contributed by atoms with Crippen molar-refractivity contribution in [1.82, 2.24) is 24.2 Å². The quantitative estimate of drug-likeness (QED) is 0.0689. The van der Waals surface area contributed by atoms with Gasteiger partial charge in [-0.05, 0) is 44.4 Å². The summed E-state index contributed by atoms with van der Waals surface area (Å²) < 4.78 is 24.6. The predicted molar refractivity (Wildman–Crippen MR) is 217 cm³/mol. The number of anilines is 1. The fourth-order valence-electron chi connectivity index (χ4n) is 7.52. The third-order valence-corrected chi connectivity index (χ3v) is 13.0. The fourth-order valence-corrected chi connectivity index (χ4v) is 10.5. The van der Waals surface area contributed by atoms with E-state index < -0.39 is 37.5 Å². The summed E-state index contributed by atoms with van der Waals surface area (Å²) in [5.41, 5.74) is 1.44. The van der Waals surface area contributed by atoms with Gasteiger partial charge in [0.05, 0.1) is 25.4 Å². The number of benzene rings is 3. The Morgan fingerprint density at radius 3 is 2.05 bits per heavy atom. The molecule has 1 fully saturated rings. The first-order valence-corrected chi connectivity index (χ1v) is 20.9. The first-order chi connectivity index (χ1) is 26.9. The molecule has 56 heavy (non-hydrogen) atoms. The SMILES string of the molecule is CC(C)C(=O)Nc1nc2c(ncn2[C@H]2C[C@H](O[P+](O)(CCC#N)N(C(C)C)C(C)C)[C@@H](COC(c3ccccc3)(c3ccccc3)c3ccccc3)O2)c(=O)[nH]1. The summed E-state index contributed by atoms with van der Waals surface area (Å²) in [6.45, 7) is 11.5. The summed E-state index contributed by atoms with van der Waals surface area (Å²) in [5, 5.41) is 12.3. The van der Waals surface area contributed by atoms with Crippen LogP contribution in [0.3, 0.4) is 0 Å². The number of H-pyrrole nitrogens is 1. The highest BCUT2D eigenvalue weighted by Gasteiger charge is 2.54. The molecule has 3 aromatic carbocycles. The summed E-state index contributed by atoms with van der Waals surface area (Å²) in [6.07, 6.45) is -0.268. The number of aromatic nitrogens is 4. The number of aromatic amines is 1. The molecule has 1 unspecified atom stereocenters. The molecule has 2 aromatic heterocycles. The van der Waals surface area contributed by atoms with Crippen molar-refractivity contribution in [2.45, 2.75) is 90.5 Å². The number of hydrogen-bond donors (Lipinski definition) is 3. The molecule has 5 aromatic rings. The maximum atomic E-state index is 13.1. The highest BCUT2D eigenvalue weighted by Crippen LogP contribution is 2.63. The molecule has 14 heteroatoms. The molecule has 1 saturated heterocycles. The number of imidazole rings is 1. The number of nitrogens with one attached hydrogen (secondary N) is 2. The zero-order chi connectivity index (χ0) is 40.0. The fraction of sp³-hybridized carbons (Fsp3) is 0.405. The predicted octanol–water partition coefficient (Wildman–Crippen LogP) is 7.18. The Balaban J connectivity index is 1.44. The average Bonchev–Trinajstić information content (AvgIpc) is 3.79. The molecule has 13 nitrogen and oxygen atoms in total. The zero-order valence-corrected chi connectivity index (χ0v) is 33.6. The Kier molecular flexibility index (Phi) is 12.8. The van der Waals surface area contributed by atoms with E-state index in [9.17, 15) is 19.7 Å². The van der Waals surface area contributed by atoms with Crippen LogP contribution in [0, 0.1) is 17.2 Å². The lowest BCUT2D eigenvalue weighted by molar-refractivity contribution is -0.118. The molecule has 0 saturated carbocycles. The van der Waals surface area contributed by atoms with Crippen LogP contribution in [-0.2, 0) is 24.4 Å². The first kappa shape index (κ1) is 40.9. The van der Waals surface area contributed by atoms with Crippen molar-refractivity contribution in [1.29, 1.82) is 5.26 Å². The van der Waals surface area contributed by atoms with Gasteiger partial charge in [-0.1, -0.05) is 105 Å². The van der Waals surface area contributed by atoms with E-state index in [1.807, 2.05) is 123 Å². The molecule has 0 spiro atoms. The molecule has 3 N–H and O–H groups in total. The van der Waals surface area contributed by atoms with E-state index in [0.717, 1.165) is 16.7 Å². The van der Waals surface area contributed by atoms with Gasteiger partial charge < -0.3 is 9.47 Å². The van der Waals surface area contributed by atoms with Crippen molar-refractivity contribution in [3.05, 3.63) is 124 Å². The van der Waals surface area contributed by atoms with E-state index in [4.69, 9.17) is 14.0 Å². The molecular weight excluding hydrogens is 729 g/mol. The smallest absolute Gasteiger partial charge is 0.347 e. The van der Waals surface area contributed by atoms with E-state index in [1.54, 1.807) is 18.4 Å². The van der Waals surface area contributed by atoms with Crippen LogP contribution in [0.5, 0.6) is 0 Å². The molecule has 3 heterocycles. The highest BCUT2D eigenvalue weighted by molar-refractivity contribution is 7.63. The molecule has 6 rings (SSSR count). The number of fused-ring (bicyclic) bond motifs is 1. The van der Waals surface area contributed by atoms with Crippen LogP contribution in [0.25, 0.3) is 11.2 Å². The number of carbonyl (C=O) groups is 1. The van der Waals surface area contributed by atoms with Gasteiger partial charge in [0, 0.05) is 24.4 Å². The van der Waals surface area contributed by atoms with Gasteiger partial charge in [0.25, 0.3) is 5.56 Å². The van der Waals surface area contributed by atoms with E-state index in [0.29, 0.717) is 0 Å². The Morgan fingerprint density at radius 2 is 1.55 bits per heavy atom. The van der Waals surface area contributed by atoms with Crippen LogP contribution < -0.4 is 10.9 Å². The molecule has 4 atom stereocenters. The van der Waals surface area contributed by atoms with Crippen LogP contribution in [0.1, 0.15) is 77.3 Å². The second-order valence-electron chi connectivity index (χ2n) is 14.8. The van der Waals surface area contributed by atoms with Gasteiger partial charge in [-0.2, -0.15) is 14.8 Å². The van der Waals surface area contributed by atoms with Crippen molar-refractivity contribution in [3.63, 3.8) is 0 Å². The molecular formula is C42H51N7O6P+. The summed E-state index contributed by atoms with van der Waals surface area (Å²) in [7, 11) is -3.39. The zero-order valence-electron chi connectivity index (χ0n) is 32.7. The number of carbonyl (C=O) groups excluding carboxylic acids is 1. The molecule has 0 radical (unpaired) electrons. The standard InChI is InChI=1S/C42H50N7O6P/c1-28(2)39(50)46-41-45-38-37(40(51)47-41)44-27-48(38)36-25-34(55-56(52,24-16-23-43)49(29(3)4)30(5)6)35(54-36)26-53-42(31-17-10-7-11-18-31,32-19-12-8-13-20-32)33-21-14-9-15-22-33/h7-15,17-22,27-30,34-36,52H,16,24-26H2,1-6H3,(H-,45,46,47,50,51)/p+1/t34-,35+,36+,56?/m0/s1. The van der Waals surface area contributed by atoms with Gasteiger partial charge in [0.2, 0.25) is 11.9 Å². The van der Waals surface area contributed by atoms with E-state index in [2.05, 4.69) is 26.3 Å². The van der Waals surface area contributed by atoms with Gasteiger partial charge in [0.15, 0.2) is 11.2 Å². The molecule has 1 amide bonds. The lowest BCUT2D eigenvalue weighted by atomic mass is 9.80.